The molecule has 0 saturated carbocycles. The zero-order valence-electron chi connectivity index (χ0n) is 8.56. The van der Waals surface area contributed by atoms with Crippen molar-refractivity contribution in [2.24, 2.45) is 5.73 Å². The fourth-order valence-electron chi connectivity index (χ4n) is 1.12. The lowest BCUT2D eigenvalue weighted by Gasteiger charge is -2.10. The Bertz CT molecular complexity index is 517. The molecule has 8 heteroatoms. The van der Waals surface area contributed by atoms with Crippen molar-refractivity contribution >= 4 is 21.4 Å². The van der Waals surface area contributed by atoms with Crippen molar-refractivity contribution < 1.29 is 22.0 Å². The van der Waals surface area contributed by atoms with Gasteiger partial charge in [-0.1, -0.05) is 12.1 Å². The Morgan fingerprint density at radius 3 is 2.47 bits per heavy atom. The molecule has 0 aliphatic rings. The van der Waals surface area contributed by atoms with E-state index < -0.39 is 26.4 Å². The monoisotopic (exact) mass is 264 g/mol. The van der Waals surface area contributed by atoms with Crippen LogP contribution >= 0.6 is 0 Å². The number of alkyl halides is 2. The Balaban J connectivity index is 3.22. The topological polar surface area (TPSA) is 89.3 Å². The summed E-state index contributed by atoms with van der Waals surface area (Å²) >= 11 is 0. The molecule has 0 aromatic heterocycles. The Kier molecular flexibility index (Phi) is 4.13. The van der Waals surface area contributed by atoms with Crippen molar-refractivity contribution in [2.45, 2.75) is 10.7 Å². The lowest BCUT2D eigenvalue weighted by Crippen LogP contribution is -2.23. The van der Waals surface area contributed by atoms with Gasteiger partial charge in [-0.05, 0) is 12.1 Å². The molecule has 0 aliphatic carbocycles. The van der Waals surface area contributed by atoms with E-state index in [-0.39, 0.29) is 12.2 Å². The van der Waals surface area contributed by atoms with Crippen LogP contribution < -0.4 is 11.1 Å². The molecule has 1 rings (SSSR count). The molecule has 1 aromatic rings. The van der Waals surface area contributed by atoms with E-state index in [9.17, 15) is 22.0 Å². The van der Waals surface area contributed by atoms with E-state index >= 15 is 0 Å². The van der Waals surface area contributed by atoms with Gasteiger partial charge in [0.15, 0.2) is 0 Å². The number of rotatable bonds is 4. The minimum absolute atomic E-state index is 0.205. The van der Waals surface area contributed by atoms with Crippen LogP contribution in [0.2, 0.25) is 0 Å². The van der Waals surface area contributed by atoms with Gasteiger partial charge >= 0.3 is 5.76 Å². The molecule has 17 heavy (non-hydrogen) atoms. The molecule has 0 atom stereocenters. The number of carbonyl (C=O) groups excluding carboxylic acids is 1. The van der Waals surface area contributed by atoms with E-state index in [0.717, 1.165) is 6.07 Å². The number of hydrogen-bond donors (Lipinski definition) is 2. The summed E-state index contributed by atoms with van der Waals surface area (Å²) in [5, 5.41) is 2.14. The summed E-state index contributed by atoms with van der Waals surface area (Å²) in [6.45, 7) is -0.372. The van der Waals surface area contributed by atoms with E-state index in [1.54, 1.807) is 0 Å². The predicted molar refractivity (Wildman–Crippen MR) is 57.3 cm³/mol. The highest BCUT2D eigenvalue weighted by Gasteiger charge is 2.29. The number of anilines is 1. The first-order valence-corrected chi connectivity index (χ1v) is 6.05. The Morgan fingerprint density at radius 1 is 1.35 bits per heavy atom. The highest BCUT2D eigenvalue weighted by Crippen LogP contribution is 2.25. The maximum absolute atomic E-state index is 12.4. The number of nitrogens with one attached hydrogen (secondary N) is 1. The molecule has 0 bridgehead atoms. The second-order valence-electron chi connectivity index (χ2n) is 3.05. The highest BCUT2D eigenvalue weighted by atomic mass is 32.2. The third-order valence-corrected chi connectivity index (χ3v) is 3.33. The summed E-state index contributed by atoms with van der Waals surface area (Å²) < 4.78 is 47.3. The molecular weight excluding hydrogens is 254 g/mol. The first kappa shape index (κ1) is 13.5. The van der Waals surface area contributed by atoms with Crippen LogP contribution in [0.3, 0.4) is 0 Å². The van der Waals surface area contributed by atoms with E-state index in [0.29, 0.717) is 0 Å². The first-order valence-electron chi connectivity index (χ1n) is 4.50. The molecule has 0 saturated heterocycles. The second-order valence-corrected chi connectivity index (χ2v) is 4.94. The SMILES string of the molecule is NCC(=O)Nc1ccccc1S(=O)(=O)C(F)F. The van der Waals surface area contributed by atoms with Crippen molar-refractivity contribution in [3.05, 3.63) is 24.3 Å². The summed E-state index contributed by atoms with van der Waals surface area (Å²) in [5.41, 5.74) is 4.82. The molecule has 0 fully saturated rings. The Labute approximate surface area is 96.5 Å². The first-order chi connectivity index (χ1) is 7.89. The maximum atomic E-state index is 12.4. The van der Waals surface area contributed by atoms with Crippen LogP contribution in [0, 0.1) is 0 Å². The number of sulfone groups is 1. The summed E-state index contributed by atoms with van der Waals surface area (Å²) in [4.78, 5) is 10.4. The zero-order chi connectivity index (χ0) is 13.1. The molecule has 0 radical (unpaired) electrons. The molecular formula is C9H10F2N2O3S. The van der Waals surface area contributed by atoms with E-state index in [1.807, 2.05) is 0 Å². The van der Waals surface area contributed by atoms with Crippen molar-refractivity contribution in [1.29, 1.82) is 0 Å². The summed E-state index contributed by atoms with van der Waals surface area (Å²) in [5.74, 6) is -4.21. The number of para-hydroxylation sites is 1. The van der Waals surface area contributed by atoms with E-state index in [2.05, 4.69) is 5.32 Å². The van der Waals surface area contributed by atoms with Crippen LogP contribution in [0.4, 0.5) is 14.5 Å². The minimum Gasteiger partial charge on any atom is -0.324 e. The van der Waals surface area contributed by atoms with Crippen LogP contribution in [-0.4, -0.2) is 26.6 Å². The van der Waals surface area contributed by atoms with Gasteiger partial charge in [-0.15, -0.1) is 0 Å². The van der Waals surface area contributed by atoms with Gasteiger partial charge in [-0.3, -0.25) is 4.79 Å². The Morgan fingerprint density at radius 2 is 1.94 bits per heavy atom. The van der Waals surface area contributed by atoms with Gasteiger partial charge in [0.2, 0.25) is 15.7 Å². The predicted octanol–water partition coefficient (Wildman–Crippen LogP) is 0.580. The third-order valence-electron chi connectivity index (χ3n) is 1.89. The molecule has 1 amide bonds. The van der Waals surface area contributed by atoms with Crippen LogP contribution in [-0.2, 0) is 14.6 Å². The summed E-state index contributed by atoms with van der Waals surface area (Å²) in [6.07, 6.45) is 0. The van der Waals surface area contributed by atoms with Gasteiger partial charge in [0.05, 0.1) is 17.1 Å². The average molecular weight is 264 g/mol. The lowest BCUT2D eigenvalue weighted by molar-refractivity contribution is -0.114. The molecule has 94 valence electrons. The third kappa shape index (κ3) is 2.98. The number of amides is 1. The smallest absolute Gasteiger partial charge is 0.324 e. The van der Waals surface area contributed by atoms with E-state index in [4.69, 9.17) is 5.73 Å². The lowest BCUT2D eigenvalue weighted by atomic mass is 10.3. The van der Waals surface area contributed by atoms with Crippen molar-refractivity contribution in [3.8, 4) is 0 Å². The average Bonchev–Trinajstić information content (AvgIpc) is 2.29. The van der Waals surface area contributed by atoms with Gasteiger partial charge in [0.1, 0.15) is 0 Å². The second kappa shape index (κ2) is 5.19. The van der Waals surface area contributed by atoms with Crippen LogP contribution in [0.1, 0.15) is 0 Å². The number of halogens is 2. The standard InChI is InChI=1S/C9H10F2N2O3S/c10-9(11)17(15,16)7-4-2-1-3-6(7)13-8(14)5-12/h1-4,9H,5,12H2,(H,13,14). The molecule has 0 heterocycles. The number of hydrogen-bond acceptors (Lipinski definition) is 4. The number of benzene rings is 1. The van der Waals surface area contributed by atoms with Gasteiger partial charge in [-0.25, -0.2) is 8.42 Å². The van der Waals surface area contributed by atoms with Gasteiger partial charge in [0, 0.05) is 0 Å². The highest BCUT2D eigenvalue weighted by molar-refractivity contribution is 7.91. The summed E-state index contributed by atoms with van der Waals surface area (Å²) in [7, 11) is -4.75. The fourth-order valence-corrected chi connectivity index (χ4v) is 2.00. The number of carbonyl (C=O) groups is 1. The quantitative estimate of drug-likeness (QED) is 0.832. The molecule has 0 spiro atoms. The molecule has 3 N–H and O–H groups in total. The minimum atomic E-state index is -4.75. The normalized spacial score (nSPS) is 11.5. The Hall–Kier alpha value is -1.54. The summed E-state index contributed by atoms with van der Waals surface area (Å²) in [6, 6.07) is 4.90. The van der Waals surface area contributed by atoms with Gasteiger partial charge in [-0.2, -0.15) is 8.78 Å². The molecule has 1 aromatic carbocycles. The fraction of sp³-hybridized carbons (Fsp3) is 0.222. The van der Waals surface area contributed by atoms with E-state index in [1.165, 1.54) is 18.2 Å². The van der Waals surface area contributed by atoms with Crippen LogP contribution in [0.5, 0.6) is 0 Å². The van der Waals surface area contributed by atoms with Gasteiger partial charge in [0.25, 0.3) is 0 Å². The van der Waals surface area contributed by atoms with Crippen LogP contribution in [0.25, 0.3) is 0 Å². The van der Waals surface area contributed by atoms with Crippen LogP contribution in [0.15, 0.2) is 29.2 Å². The zero-order valence-corrected chi connectivity index (χ0v) is 9.38. The molecule has 0 aliphatic heterocycles. The van der Waals surface area contributed by atoms with Gasteiger partial charge < -0.3 is 11.1 Å². The van der Waals surface area contributed by atoms with Crippen molar-refractivity contribution in [3.63, 3.8) is 0 Å². The maximum Gasteiger partial charge on any atom is 0.341 e. The molecule has 0 unspecified atom stereocenters. The number of nitrogens with two attached hydrogens (primary N) is 1. The van der Waals surface area contributed by atoms with Crippen molar-refractivity contribution in [2.75, 3.05) is 11.9 Å². The largest absolute Gasteiger partial charge is 0.341 e. The van der Waals surface area contributed by atoms with Crippen molar-refractivity contribution in [1.82, 2.24) is 0 Å². The molecule has 5 nitrogen and oxygen atoms in total.